The van der Waals surface area contributed by atoms with Crippen molar-refractivity contribution in [2.45, 2.75) is 38.9 Å². The molecule has 0 unspecified atom stereocenters. The third kappa shape index (κ3) is 2.88. The molecule has 0 aliphatic carbocycles. The van der Waals surface area contributed by atoms with E-state index >= 15 is 0 Å². The van der Waals surface area contributed by atoms with Crippen LogP contribution in [0, 0.1) is 0 Å². The average Bonchev–Trinajstić information content (AvgIpc) is 3.21. The molecule has 0 aromatic rings. The van der Waals surface area contributed by atoms with E-state index in [9.17, 15) is 19.2 Å². The zero-order valence-corrected chi connectivity index (χ0v) is 13.5. The first-order valence-electron chi connectivity index (χ1n) is 7.27. The van der Waals surface area contributed by atoms with Gasteiger partial charge in [-0.15, -0.1) is 0 Å². The lowest BCUT2D eigenvalue weighted by Crippen LogP contribution is -2.52. The Morgan fingerprint density at radius 2 is 0.826 bits per heavy atom. The van der Waals surface area contributed by atoms with Gasteiger partial charge in [-0.3, -0.25) is 0 Å². The molecule has 1 fully saturated rings. The van der Waals surface area contributed by atoms with Crippen molar-refractivity contribution >= 4 is 23.9 Å². The van der Waals surface area contributed by atoms with Crippen molar-refractivity contribution in [1.82, 2.24) is 0 Å². The van der Waals surface area contributed by atoms with Crippen LogP contribution in [0.15, 0.2) is 0 Å². The van der Waals surface area contributed by atoms with Crippen LogP contribution in [0.25, 0.3) is 0 Å². The molecule has 9 nitrogen and oxygen atoms in total. The van der Waals surface area contributed by atoms with Gasteiger partial charge in [0, 0.05) is 0 Å². The molecule has 0 saturated carbocycles. The van der Waals surface area contributed by atoms with Crippen LogP contribution in [0.2, 0.25) is 0 Å². The summed E-state index contributed by atoms with van der Waals surface area (Å²) in [7, 11) is 0. The summed E-state index contributed by atoms with van der Waals surface area (Å²) in [6.07, 6.45) is 0. The van der Waals surface area contributed by atoms with Crippen molar-refractivity contribution in [3.05, 3.63) is 0 Å². The molecule has 0 N–H and O–H groups in total. The molecule has 1 aliphatic rings. The summed E-state index contributed by atoms with van der Waals surface area (Å²) in [6.45, 7) is 5.61. The summed E-state index contributed by atoms with van der Waals surface area (Å²) < 4.78 is 24.1. The van der Waals surface area contributed by atoms with Gasteiger partial charge in [0.1, 0.15) is 0 Å². The van der Waals surface area contributed by atoms with Crippen LogP contribution in [0.3, 0.4) is 0 Å². The fourth-order valence-corrected chi connectivity index (χ4v) is 2.04. The van der Waals surface area contributed by atoms with Gasteiger partial charge in [-0.25, -0.2) is 19.2 Å². The molecule has 0 aromatic carbocycles. The summed E-state index contributed by atoms with van der Waals surface area (Å²) in [5.41, 5.74) is -5.09. The van der Waals surface area contributed by atoms with E-state index < -0.39 is 35.1 Å². The van der Waals surface area contributed by atoms with E-state index in [4.69, 9.17) is 23.7 Å². The number of hydrogen-bond donors (Lipinski definition) is 0. The summed E-state index contributed by atoms with van der Waals surface area (Å²) in [5, 5.41) is 0. The molecule has 9 heteroatoms. The highest BCUT2D eigenvalue weighted by molar-refractivity contribution is 6.24. The summed E-state index contributed by atoms with van der Waals surface area (Å²) >= 11 is 0. The molecule has 0 aromatic heterocycles. The van der Waals surface area contributed by atoms with Crippen molar-refractivity contribution in [3.8, 4) is 0 Å². The summed E-state index contributed by atoms with van der Waals surface area (Å²) in [4.78, 5) is 48.9. The smallest absolute Gasteiger partial charge is 0.354 e. The maximum Gasteiger partial charge on any atom is 0.354 e. The van der Waals surface area contributed by atoms with Crippen molar-refractivity contribution in [1.29, 1.82) is 0 Å². The van der Waals surface area contributed by atoms with Gasteiger partial charge < -0.3 is 23.7 Å². The van der Waals surface area contributed by atoms with E-state index in [1.807, 2.05) is 0 Å². The largest absolute Gasteiger partial charge is 0.463 e. The molecule has 0 atom stereocenters. The highest BCUT2D eigenvalue weighted by Crippen LogP contribution is 2.52. The van der Waals surface area contributed by atoms with Crippen molar-refractivity contribution in [2.75, 3.05) is 26.4 Å². The Balaban J connectivity index is 3.34. The standard InChI is InChI=1S/C14H20O9/c1-5-19-9(15)13(10(16)20-6-2)14(23-13,11(17)21-7-3)12(18)22-8-4/h5-8H2,1-4H3. The van der Waals surface area contributed by atoms with E-state index in [1.54, 1.807) is 0 Å². The van der Waals surface area contributed by atoms with Gasteiger partial charge in [0.15, 0.2) is 0 Å². The molecule has 1 rings (SSSR count). The number of esters is 4. The van der Waals surface area contributed by atoms with Crippen LogP contribution in [0.1, 0.15) is 27.7 Å². The minimum absolute atomic E-state index is 0.0922. The van der Waals surface area contributed by atoms with Gasteiger partial charge in [-0.05, 0) is 27.7 Å². The maximum absolute atomic E-state index is 12.2. The SMILES string of the molecule is CCOC(=O)C1(C(=O)OCC)OC1(C(=O)OCC)C(=O)OCC. The van der Waals surface area contributed by atoms with E-state index in [0.717, 1.165) is 0 Å². The van der Waals surface area contributed by atoms with Gasteiger partial charge in [0.25, 0.3) is 0 Å². The minimum atomic E-state index is -2.54. The number of hydrogen-bond acceptors (Lipinski definition) is 9. The van der Waals surface area contributed by atoms with Gasteiger partial charge in [-0.2, -0.15) is 0 Å². The van der Waals surface area contributed by atoms with Gasteiger partial charge in [0.05, 0.1) is 26.4 Å². The van der Waals surface area contributed by atoms with E-state index in [2.05, 4.69) is 0 Å². The molecule has 0 amide bonds. The normalized spacial score (nSPS) is 16.9. The molecule has 0 radical (unpaired) electrons. The highest BCUT2D eigenvalue weighted by atomic mass is 16.7. The predicted molar refractivity (Wildman–Crippen MR) is 73.1 cm³/mol. The number of rotatable bonds is 8. The number of carbonyl (C=O) groups excluding carboxylic acids is 4. The molecule has 0 bridgehead atoms. The molecule has 130 valence electrons. The molecular formula is C14H20O9. The Kier molecular flexibility index (Phi) is 6.08. The Morgan fingerprint density at radius 1 is 0.609 bits per heavy atom. The van der Waals surface area contributed by atoms with Crippen LogP contribution in [-0.2, 0) is 42.9 Å². The van der Waals surface area contributed by atoms with Gasteiger partial charge >= 0.3 is 35.1 Å². The zero-order chi connectivity index (χ0) is 17.7. The summed E-state index contributed by atoms with van der Waals surface area (Å²) in [6, 6.07) is 0. The average molecular weight is 332 g/mol. The highest BCUT2D eigenvalue weighted by Gasteiger charge is 2.91. The Labute approximate surface area is 133 Å². The topological polar surface area (TPSA) is 118 Å². The fourth-order valence-electron chi connectivity index (χ4n) is 2.04. The Morgan fingerprint density at radius 3 is 1.00 bits per heavy atom. The fraction of sp³-hybridized carbons (Fsp3) is 0.714. The summed E-state index contributed by atoms with van der Waals surface area (Å²) in [5.74, 6) is -4.83. The second-order valence-electron chi connectivity index (χ2n) is 4.35. The zero-order valence-electron chi connectivity index (χ0n) is 13.5. The number of ether oxygens (including phenoxy) is 5. The maximum atomic E-state index is 12.2. The molecule has 1 heterocycles. The van der Waals surface area contributed by atoms with E-state index in [-0.39, 0.29) is 26.4 Å². The van der Waals surface area contributed by atoms with Crippen LogP contribution in [-0.4, -0.2) is 61.5 Å². The first-order valence-corrected chi connectivity index (χ1v) is 7.27. The molecule has 23 heavy (non-hydrogen) atoms. The van der Waals surface area contributed by atoms with Crippen molar-refractivity contribution in [3.63, 3.8) is 0 Å². The second-order valence-corrected chi connectivity index (χ2v) is 4.35. The van der Waals surface area contributed by atoms with Gasteiger partial charge in [-0.1, -0.05) is 0 Å². The lowest BCUT2D eigenvalue weighted by atomic mass is 9.92. The van der Waals surface area contributed by atoms with Gasteiger partial charge in [0.2, 0.25) is 0 Å². The quantitative estimate of drug-likeness (QED) is 0.256. The Bertz CT molecular complexity index is 416. The predicted octanol–water partition coefficient (Wildman–Crippen LogP) is -0.253. The minimum Gasteiger partial charge on any atom is -0.463 e. The molecule has 0 spiro atoms. The van der Waals surface area contributed by atoms with Crippen LogP contribution in [0.5, 0.6) is 0 Å². The third-order valence-corrected chi connectivity index (χ3v) is 3.01. The number of epoxide rings is 1. The second kappa shape index (κ2) is 7.40. The monoisotopic (exact) mass is 332 g/mol. The first-order chi connectivity index (χ1) is 10.9. The third-order valence-electron chi connectivity index (χ3n) is 3.01. The van der Waals surface area contributed by atoms with Crippen molar-refractivity contribution < 1.29 is 42.9 Å². The molecule has 1 aliphatic heterocycles. The van der Waals surface area contributed by atoms with Crippen molar-refractivity contribution in [2.24, 2.45) is 0 Å². The molecular weight excluding hydrogens is 312 g/mol. The number of carbonyl (C=O) groups is 4. The van der Waals surface area contributed by atoms with E-state index in [0.29, 0.717) is 0 Å². The van der Waals surface area contributed by atoms with Crippen LogP contribution >= 0.6 is 0 Å². The van der Waals surface area contributed by atoms with E-state index in [1.165, 1.54) is 27.7 Å². The first kappa shape index (κ1) is 18.9. The van der Waals surface area contributed by atoms with Crippen LogP contribution in [0.4, 0.5) is 0 Å². The lowest BCUT2D eigenvalue weighted by Gasteiger charge is -2.15. The lowest BCUT2D eigenvalue weighted by molar-refractivity contribution is -0.169. The molecule has 1 saturated heterocycles. The Hall–Kier alpha value is -2.16. The van der Waals surface area contributed by atoms with Crippen LogP contribution < -0.4 is 0 Å².